The van der Waals surface area contributed by atoms with Gasteiger partial charge >= 0.3 is 6.18 Å². The third-order valence-corrected chi connectivity index (χ3v) is 7.14. The summed E-state index contributed by atoms with van der Waals surface area (Å²) in [5, 5.41) is 0.585. The van der Waals surface area contributed by atoms with Gasteiger partial charge in [0.05, 0.1) is 5.56 Å². The van der Waals surface area contributed by atoms with Crippen LogP contribution in [0.4, 0.5) is 18.9 Å². The summed E-state index contributed by atoms with van der Waals surface area (Å²) in [6.07, 6.45) is -4.38. The molecule has 0 spiro atoms. The van der Waals surface area contributed by atoms with E-state index in [2.05, 4.69) is 4.98 Å². The molecule has 1 aliphatic rings. The van der Waals surface area contributed by atoms with Crippen molar-refractivity contribution in [2.45, 2.75) is 24.1 Å². The quantitative estimate of drug-likeness (QED) is 0.290. The number of para-hydroxylation sites is 1. The van der Waals surface area contributed by atoms with Gasteiger partial charge < -0.3 is 14.2 Å². The number of benzene rings is 3. The second kappa shape index (κ2) is 9.89. The zero-order valence-corrected chi connectivity index (χ0v) is 20.4. The van der Waals surface area contributed by atoms with Crippen LogP contribution in [0.25, 0.3) is 11.1 Å². The van der Waals surface area contributed by atoms with Gasteiger partial charge in [0.1, 0.15) is 5.52 Å². The Labute approximate surface area is 210 Å². The van der Waals surface area contributed by atoms with Crippen LogP contribution in [0.1, 0.15) is 27.0 Å². The van der Waals surface area contributed by atoms with E-state index in [0.29, 0.717) is 48.4 Å². The summed E-state index contributed by atoms with van der Waals surface area (Å²) in [5.41, 5.74) is 4.09. The number of nitrogens with zero attached hydrogens (tertiary/aromatic N) is 3. The number of carbonyl (C=O) groups excluding carboxylic acids is 1. The van der Waals surface area contributed by atoms with E-state index in [4.69, 9.17) is 4.42 Å². The van der Waals surface area contributed by atoms with Crippen molar-refractivity contribution in [3.05, 3.63) is 89.0 Å². The van der Waals surface area contributed by atoms with Crippen molar-refractivity contribution in [2.75, 3.05) is 31.1 Å². The van der Waals surface area contributed by atoms with Gasteiger partial charge in [-0.25, -0.2) is 4.98 Å². The molecule has 0 atom stereocenters. The molecule has 1 aromatic heterocycles. The molecule has 3 aromatic carbocycles. The summed E-state index contributed by atoms with van der Waals surface area (Å²) in [6, 6.07) is 18.6. The molecule has 1 aliphatic heterocycles. The molecule has 5 rings (SSSR count). The number of fused-ring (bicyclic) bond motifs is 1. The summed E-state index contributed by atoms with van der Waals surface area (Å²) < 4.78 is 45.0. The van der Waals surface area contributed by atoms with Gasteiger partial charge in [-0.15, -0.1) is 0 Å². The van der Waals surface area contributed by atoms with Crippen molar-refractivity contribution < 1.29 is 22.4 Å². The molecule has 186 valence electrons. The Balaban J connectivity index is 1.20. The van der Waals surface area contributed by atoms with Crippen molar-refractivity contribution >= 4 is 34.5 Å². The largest absolute Gasteiger partial charge is 0.431 e. The number of hydrogen-bond acceptors (Lipinski definition) is 5. The van der Waals surface area contributed by atoms with Crippen LogP contribution in [0.5, 0.6) is 0 Å². The van der Waals surface area contributed by atoms with Crippen LogP contribution in [0.15, 0.2) is 76.4 Å². The highest BCUT2D eigenvalue weighted by molar-refractivity contribution is 7.98. The second-order valence-electron chi connectivity index (χ2n) is 8.72. The minimum Gasteiger partial charge on any atom is -0.431 e. The summed E-state index contributed by atoms with van der Waals surface area (Å²) in [5.74, 6) is 0.527. The maximum Gasteiger partial charge on any atom is 0.416 e. The minimum atomic E-state index is -4.38. The topological polar surface area (TPSA) is 49.6 Å². The number of anilines is 1. The van der Waals surface area contributed by atoms with Crippen molar-refractivity contribution in [3.8, 4) is 0 Å². The molecule has 0 radical (unpaired) electrons. The SMILES string of the molecule is Cc1cccc2oc(SCc3cccc(C(=O)N4CCN(c5cccc(C(F)(F)F)c5)CC4)c3)nc12. The molecule has 2 heterocycles. The molecule has 0 bridgehead atoms. The fourth-order valence-electron chi connectivity index (χ4n) is 4.30. The average molecular weight is 512 g/mol. The molecule has 0 N–H and O–H groups in total. The monoisotopic (exact) mass is 511 g/mol. The number of thioether (sulfide) groups is 1. The number of carbonyl (C=O) groups is 1. The summed E-state index contributed by atoms with van der Waals surface area (Å²) in [4.78, 5) is 21.3. The molecular weight excluding hydrogens is 487 g/mol. The van der Waals surface area contributed by atoms with E-state index in [1.807, 2.05) is 48.2 Å². The zero-order chi connectivity index (χ0) is 25.3. The number of oxazole rings is 1. The van der Waals surface area contributed by atoms with Crippen LogP contribution in [0.3, 0.4) is 0 Å². The highest BCUT2D eigenvalue weighted by Gasteiger charge is 2.31. The Morgan fingerprint density at radius 3 is 2.50 bits per heavy atom. The van der Waals surface area contributed by atoms with Crippen molar-refractivity contribution in [3.63, 3.8) is 0 Å². The van der Waals surface area contributed by atoms with Crippen molar-refractivity contribution in [1.29, 1.82) is 0 Å². The van der Waals surface area contributed by atoms with Gasteiger partial charge in [-0.1, -0.05) is 42.1 Å². The molecule has 0 aliphatic carbocycles. The number of alkyl halides is 3. The molecule has 5 nitrogen and oxygen atoms in total. The Bertz CT molecular complexity index is 1390. The van der Waals surface area contributed by atoms with Gasteiger partial charge in [0.25, 0.3) is 11.1 Å². The van der Waals surface area contributed by atoms with E-state index in [1.54, 1.807) is 17.0 Å². The number of aromatic nitrogens is 1. The molecular formula is C27H24F3N3O2S. The Morgan fingerprint density at radius 1 is 1.00 bits per heavy atom. The summed E-state index contributed by atoms with van der Waals surface area (Å²) in [7, 11) is 0. The second-order valence-corrected chi connectivity index (χ2v) is 9.64. The van der Waals surface area contributed by atoms with E-state index in [9.17, 15) is 18.0 Å². The summed E-state index contributed by atoms with van der Waals surface area (Å²) >= 11 is 1.48. The van der Waals surface area contributed by atoms with Crippen LogP contribution >= 0.6 is 11.8 Å². The molecule has 1 saturated heterocycles. The van der Waals surface area contributed by atoms with Crippen LogP contribution < -0.4 is 4.90 Å². The maximum atomic E-state index is 13.1. The molecule has 36 heavy (non-hydrogen) atoms. The lowest BCUT2D eigenvalue weighted by Gasteiger charge is -2.36. The lowest BCUT2D eigenvalue weighted by Crippen LogP contribution is -2.48. The van der Waals surface area contributed by atoms with Gasteiger partial charge in [0.2, 0.25) is 0 Å². The normalized spacial score (nSPS) is 14.4. The van der Waals surface area contributed by atoms with Gasteiger partial charge in [0.15, 0.2) is 5.58 Å². The molecule has 1 fully saturated rings. The first-order valence-electron chi connectivity index (χ1n) is 11.6. The first kappa shape index (κ1) is 24.2. The van der Waals surface area contributed by atoms with Gasteiger partial charge in [-0.2, -0.15) is 13.2 Å². The minimum absolute atomic E-state index is 0.0805. The molecule has 0 unspecified atom stereocenters. The molecule has 4 aromatic rings. The molecule has 0 saturated carbocycles. The van der Waals surface area contributed by atoms with Crippen LogP contribution in [0, 0.1) is 6.92 Å². The Morgan fingerprint density at radius 2 is 1.75 bits per heavy atom. The lowest BCUT2D eigenvalue weighted by molar-refractivity contribution is -0.137. The predicted molar refractivity (Wildman–Crippen MR) is 134 cm³/mol. The fraction of sp³-hybridized carbons (Fsp3) is 0.259. The van der Waals surface area contributed by atoms with E-state index in [1.165, 1.54) is 17.8 Å². The third kappa shape index (κ3) is 5.21. The predicted octanol–water partition coefficient (Wildman–Crippen LogP) is 6.41. The maximum absolute atomic E-state index is 13.1. The van der Waals surface area contributed by atoms with Crippen molar-refractivity contribution in [1.82, 2.24) is 9.88 Å². The third-order valence-electron chi connectivity index (χ3n) is 6.24. The lowest BCUT2D eigenvalue weighted by atomic mass is 10.1. The first-order valence-corrected chi connectivity index (χ1v) is 12.6. The van der Waals surface area contributed by atoms with Crippen LogP contribution in [0.2, 0.25) is 0 Å². The van der Waals surface area contributed by atoms with E-state index < -0.39 is 11.7 Å². The van der Waals surface area contributed by atoms with Crippen molar-refractivity contribution in [2.24, 2.45) is 0 Å². The number of piperazine rings is 1. The van der Waals surface area contributed by atoms with E-state index >= 15 is 0 Å². The number of rotatable bonds is 5. The zero-order valence-electron chi connectivity index (χ0n) is 19.6. The smallest absolute Gasteiger partial charge is 0.416 e. The fourth-order valence-corrected chi connectivity index (χ4v) is 5.07. The summed E-state index contributed by atoms with van der Waals surface area (Å²) in [6.45, 7) is 3.82. The number of amides is 1. The first-order chi connectivity index (χ1) is 17.3. The molecule has 1 amide bonds. The number of halogens is 3. The Kier molecular flexibility index (Phi) is 6.66. The number of hydrogen-bond donors (Lipinski definition) is 0. The van der Waals surface area contributed by atoms with Gasteiger partial charge in [-0.05, 0) is 54.4 Å². The standard InChI is InChI=1S/C27H24F3N3O2S/c1-18-5-2-10-23-24(18)31-26(35-23)36-17-19-6-3-7-20(15-19)25(34)33-13-11-32(12-14-33)22-9-4-8-21(16-22)27(28,29)30/h2-10,15-16H,11-14,17H2,1H3. The number of aryl methyl sites for hydroxylation is 1. The average Bonchev–Trinajstić information content (AvgIpc) is 3.32. The van der Waals surface area contributed by atoms with E-state index in [-0.39, 0.29) is 5.91 Å². The van der Waals surface area contributed by atoms with Crippen LogP contribution in [-0.4, -0.2) is 42.0 Å². The van der Waals surface area contributed by atoms with Crippen LogP contribution in [-0.2, 0) is 11.9 Å². The highest BCUT2D eigenvalue weighted by atomic mass is 32.2. The Hall–Kier alpha value is -3.46. The van der Waals surface area contributed by atoms with Gasteiger partial charge in [0, 0.05) is 43.2 Å². The van der Waals surface area contributed by atoms with E-state index in [0.717, 1.165) is 34.4 Å². The highest BCUT2D eigenvalue weighted by Crippen LogP contribution is 2.32. The molecule has 9 heteroatoms. The van der Waals surface area contributed by atoms with Gasteiger partial charge in [-0.3, -0.25) is 4.79 Å².